The topological polar surface area (TPSA) is 46.6 Å². The predicted octanol–water partition coefficient (Wildman–Crippen LogP) is 2.35. The van der Waals surface area contributed by atoms with Gasteiger partial charge in [-0.2, -0.15) is 0 Å². The highest BCUT2D eigenvalue weighted by Crippen LogP contribution is 2.30. The summed E-state index contributed by atoms with van der Waals surface area (Å²) < 4.78 is 4.70. The number of thiophene rings is 1. The summed E-state index contributed by atoms with van der Waals surface area (Å²) >= 11 is 7.43. The third-order valence-electron chi connectivity index (χ3n) is 3.10. The molecule has 1 aliphatic heterocycles. The first-order chi connectivity index (χ1) is 8.54. The Kier molecular flexibility index (Phi) is 3.92. The standard InChI is InChI=1S/C12H14ClNO3S/c1-7-6-18-10(9(7)13)11(15)14-4-3-8(5-14)12(16)17-2/h6,8H,3-5H2,1-2H3. The van der Waals surface area contributed by atoms with Crippen LogP contribution in [0.25, 0.3) is 0 Å². The van der Waals surface area contributed by atoms with Gasteiger partial charge in [0.2, 0.25) is 0 Å². The van der Waals surface area contributed by atoms with Gasteiger partial charge in [0, 0.05) is 13.1 Å². The third kappa shape index (κ3) is 2.37. The number of likely N-dealkylation sites (tertiary alicyclic amines) is 1. The van der Waals surface area contributed by atoms with E-state index in [1.807, 2.05) is 12.3 Å². The number of halogens is 1. The zero-order valence-corrected chi connectivity index (χ0v) is 11.8. The molecule has 1 aromatic rings. The molecule has 6 heteroatoms. The summed E-state index contributed by atoms with van der Waals surface area (Å²) in [7, 11) is 1.37. The molecule has 0 spiro atoms. The molecule has 1 saturated heterocycles. The highest BCUT2D eigenvalue weighted by Gasteiger charge is 2.33. The van der Waals surface area contributed by atoms with Crippen molar-refractivity contribution < 1.29 is 14.3 Å². The Bertz CT molecular complexity index is 486. The fraction of sp³-hybridized carbons (Fsp3) is 0.500. The summed E-state index contributed by atoms with van der Waals surface area (Å²) in [6, 6.07) is 0. The van der Waals surface area contributed by atoms with Gasteiger partial charge in [-0.3, -0.25) is 9.59 Å². The molecular formula is C12H14ClNO3S. The van der Waals surface area contributed by atoms with Crippen LogP contribution in [0.2, 0.25) is 5.02 Å². The molecule has 4 nitrogen and oxygen atoms in total. The summed E-state index contributed by atoms with van der Waals surface area (Å²) in [6.45, 7) is 2.86. The van der Waals surface area contributed by atoms with Gasteiger partial charge in [-0.1, -0.05) is 11.6 Å². The van der Waals surface area contributed by atoms with Crippen LogP contribution in [0.1, 0.15) is 21.7 Å². The van der Waals surface area contributed by atoms with Gasteiger partial charge in [0.1, 0.15) is 4.88 Å². The van der Waals surface area contributed by atoms with E-state index in [0.717, 1.165) is 5.56 Å². The second-order valence-electron chi connectivity index (χ2n) is 4.32. The summed E-state index contributed by atoms with van der Waals surface area (Å²) in [4.78, 5) is 25.9. The van der Waals surface area contributed by atoms with Crippen LogP contribution in [0.15, 0.2) is 5.38 Å². The lowest BCUT2D eigenvalue weighted by Crippen LogP contribution is -2.29. The van der Waals surface area contributed by atoms with Gasteiger partial charge < -0.3 is 9.64 Å². The smallest absolute Gasteiger partial charge is 0.310 e. The number of nitrogens with zero attached hydrogens (tertiary/aromatic N) is 1. The third-order valence-corrected chi connectivity index (χ3v) is 4.79. The summed E-state index contributed by atoms with van der Waals surface area (Å²) in [5.74, 6) is -0.554. The molecule has 0 aromatic carbocycles. The highest BCUT2D eigenvalue weighted by molar-refractivity contribution is 7.13. The molecule has 1 unspecified atom stereocenters. The van der Waals surface area contributed by atoms with Crippen molar-refractivity contribution >= 4 is 34.8 Å². The lowest BCUT2D eigenvalue weighted by molar-refractivity contribution is -0.144. The van der Waals surface area contributed by atoms with Crippen LogP contribution >= 0.6 is 22.9 Å². The van der Waals surface area contributed by atoms with Crippen LogP contribution in [0.3, 0.4) is 0 Å². The van der Waals surface area contributed by atoms with E-state index in [2.05, 4.69) is 0 Å². The Morgan fingerprint density at radius 2 is 2.28 bits per heavy atom. The molecule has 1 amide bonds. The maximum absolute atomic E-state index is 12.2. The first kappa shape index (κ1) is 13.4. The van der Waals surface area contributed by atoms with E-state index in [1.165, 1.54) is 18.4 Å². The maximum Gasteiger partial charge on any atom is 0.310 e. The summed E-state index contributed by atoms with van der Waals surface area (Å²) in [5, 5.41) is 2.38. The van der Waals surface area contributed by atoms with Crippen molar-refractivity contribution in [1.82, 2.24) is 4.90 Å². The lowest BCUT2D eigenvalue weighted by Gasteiger charge is -2.15. The molecule has 98 valence electrons. The Morgan fingerprint density at radius 3 is 2.83 bits per heavy atom. The number of ether oxygens (including phenoxy) is 1. The molecule has 1 aromatic heterocycles. The Labute approximate surface area is 114 Å². The molecule has 1 atom stereocenters. The average Bonchev–Trinajstić information content (AvgIpc) is 2.97. The second-order valence-corrected chi connectivity index (χ2v) is 5.58. The zero-order chi connectivity index (χ0) is 13.3. The molecule has 2 heterocycles. The van der Waals surface area contributed by atoms with Gasteiger partial charge in [-0.25, -0.2) is 0 Å². The van der Waals surface area contributed by atoms with Crippen LogP contribution in [-0.4, -0.2) is 37.0 Å². The van der Waals surface area contributed by atoms with E-state index >= 15 is 0 Å². The van der Waals surface area contributed by atoms with Crippen molar-refractivity contribution in [2.24, 2.45) is 5.92 Å². The molecule has 1 aliphatic rings. The van der Waals surface area contributed by atoms with Crippen LogP contribution in [0.4, 0.5) is 0 Å². The minimum Gasteiger partial charge on any atom is -0.469 e. The number of methoxy groups -OCH3 is 1. The molecule has 18 heavy (non-hydrogen) atoms. The SMILES string of the molecule is COC(=O)C1CCN(C(=O)c2scc(C)c2Cl)C1. The molecule has 0 aliphatic carbocycles. The first-order valence-corrected chi connectivity index (χ1v) is 6.91. The Morgan fingerprint density at radius 1 is 1.56 bits per heavy atom. The second kappa shape index (κ2) is 5.28. The van der Waals surface area contributed by atoms with Crippen molar-refractivity contribution in [3.63, 3.8) is 0 Å². The number of carbonyl (C=O) groups excluding carboxylic acids is 2. The van der Waals surface area contributed by atoms with Crippen LogP contribution in [0, 0.1) is 12.8 Å². The quantitative estimate of drug-likeness (QED) is 0.785. The molecule has 2 rings (SSSR count). The number of esters is 1. The number of aryl methyl sites for hydroxylation is 1. The van der Waals surface area contributed by atoms with E-state index in [1.54, 1.807) is 4.90 Å². The van der Waals surface area contributed by atoms with Crippen molar-refractivity contribution in [2.45, 2.75) is 13.3 Å². The minimum absolute atomic E-state index is 0.0931. The van der Waals surface area contributed by atoms with E-state index < -0.39 is 0 Å². The number of rotatable bonds is 2. The number of hydrogen-bond acceptors (Lipinski definition) is 4. The Balaban J connectivity index is 2.08. The van der Waals surface area contributed by atoms with Crippen LogP contribution in [-0.2, 0) is 9.53 Å². The molecular weight excluding hydrogens is 274 g/mol. The first-order valence-electron chi connectivity index (χ1n) is 5.65. The molecule has 0 N–H and O–H groups in total. The fourth-order valence-electron chi connectivity index (χ4n) is 2.02. The molecule has 0 radical (unpaired) electrons. The lowest BCUT2D eigenvalue weighted by atomic mass is 10.1. The number of hydrogen-bond donors (Lipinski definition) is 0. The van der Waals surface area contributed by atoms with Crippen molar-refractivity contribution in [3.8, 4) is 0 Å². The summed E-state index contributed by atoms with van der Waals surface area (Å²) in [6.07, 6.45) is 0.653. The number of amides is 1. The molecule has 0 bridgehead atoms. The van der Waals surface area contributed by atoms with Crippen LogP contribution in [0.5, 0.6) is 0 Å². The van der Waals surface area contributed by atoms with Gasteiger partial charge in [-0.15, -0.1) is 11.3 Å². The van der Waals surface area contributed by atoms with Crippen molar-refractivity contribution in [1.29, 1.82) is 0 Å². The van der Waals surface area contributed by atoms with Gasteiger partial charge in [0.25, 0.3) is 5.91 Å². The monoisotopic (exact) mass is 287 g/mol. The Hall–Kier alpha value is -1.07. The van der Waals surface area contributed by atoms with Crippen molar-refractivity contribution in [2.75, 3.05) is 20.2 Å². The molecule has 0 saturated carbocycles. The van der Waals surface area contributed by atoms with Gasteiger partial charge >= 0.3 is 5.97 Å². The van der Waals surface area contributed by atoms with E-state index in [4.69, 9.17) is 16.3 Å². The largest absolute Gasteiger partial charge is 0.469 e. The number of carbonyl (C=O) groups is 2. The average molecular weight is 288 g/mol. The predicted molar refractivity (Wildman–Crippen MR) is 70.1 cm³/mol. The van der Waals surface area contributed by atoms with E-state index in [9.17, 15) is 9.59 Å². The normalized spacial score (nSPS) is 19.1. The van der Waals surface area contributed by atoms with E-state index in [0.29, 0.717) is 29.4 Å². The van der Waals surface area contributed by atoms with Crippen molar-refractivity contribution in [3.05, 3.63) is 20.8 Å². The molecule has 1 fully saturated rings. The van der Waals surface area contributed by atoms with Gasteiger partial charge in [-0.05, 0) is 24.3 Å². The van der Waals surface area contributed by atoms with E-state index in [-0.39, 0.29) is 17.8 Å². The minimum atomic E-state index is -0.251. The maximum atomic E-state index is 12.2. The van der Waals surface area contributed by atoms with Crippen LogP contribution < -0.4 is 0 Å². The fourth-order valence-corrected chi connectivity index (χ4v) is 3.26. The van der Waals surface area contributed by atoms with Gasteiger partial charge in [0.15, 0.2) is 0 Å². The zero-order valence-electron chi connectivity index (χ0n) is 10.2. The highest BCUT2D eigenvalue weighted by atomic mass is 35.5. The van der Waals surface area contributed by atoms with Gasteiger partial charge in [0.05, 0.1) is 18.1 Å². The summed E-state index contributed by atoms with van der Waals surface area (Å²) in [5.41, 5.74) is 0.911.